The molecule has 2 aliphatic rings. The fraction of sp³-hybridized carbons (Fsp3) is 0.632. The zero-order valence-corrected chi connectivity index (χ0v) is 17.9. The second kappa shape index (κ2) is 10.9. The molecule has 2 N–H and O–H groups in total. The van der Waals surface area contributed by atoms with Crippen LogP contribution in [-0.2, 0) is 4.74 Å². The average molecular weight is 474 g/mol. The number of likely N-dealkylation sites (tertiary alicyclic amines) is 1. The Morgan fingerprint density at radius 3 is 2.38 bits per heavy atom. The van der Waals surface area contributed by atoms with Crippen molar-refractivity contribution < 1.29 is 9.47 Å². The van der Waals surface area contributed by atoms with Gasteiger partial charge in [-0.05, 0) is 37.0 Å². The normalized spacial score (nSPS) is 20.3. The highest BCUT2D eigenvalue weighted by Gasteiger charge is 2.23. The molecule has 0 aromatic heterocycles. The summed E-state index contributed by atoms with van der Waals surface area (Å²) in [5.41, 5.74) is 7.51. The second-order valence-corrected chi connectivity index (χ2v) is 6.68. The van der Waals surface area contributed by atoms with Gasteiger partial charge in [0.25, 0.3) is 0 Å². The van der Waals surface area contributed by atoms with E-state index < -0.39 is 0 Å². The smallest absolute Gasteiger partial charge is 0.191 e. The summed E-state index contributed by atoms with van der Waals surface area (Å²) in [4.78, 5) is 9.41. The molecule has 2 saturated heterocycles. The number of hydrogen-bond acceptors (Lipinski definition) is 4. The van der Waals surface area contributed by atoms with Gasteiger partial charge in [0.05, 0.1) is 32.9 Å². The summed E-state index contributed by atoms with van der Waals surface area (Å²) in [5, 5.41) is 0. The Morgan fingerprint density at radius 2 is 1.77 bits per heavy atom. The molecule has 0 saturated carbocycles. The number of ether oxygens (including phenoxy) is 2. The first-order valence-corrected chi connectivity index (χ1v) is 9.28. The number of aliphatic imine (C=N–C) groups is 1. The molecule has 1 atom stereocenters. The number of methoxy groups -OCH3 is 1. The molecule has 26 heavy (non-hydrogen) atoms. The second-order valence-electron chi connectivity index (χ2n) is 6.68. The van der Waals surface area contributed by atoms with Gasteiger partial charge in [0, 0.05) is 26.2 Å². The Balaban J connectivity index is 0.00000243. The third kappa shape index (κ3) is 5.72. The van der Waals surface area contributed by atoms with Crippen molar-refractivity contribution in [2.45, 2.75) is 25.3 Å². The topological polar surface area (TPSA) is 63.3 Å². The van der Waals surface area contributed by atoms with Gasteiger partial charge in [0.15, 0.2) is 5.96 Å². The van der Waals surface area contributed by atoms with Crippen LogP contribution in [0.5, 0.6) is 5.75 Å². The van der Waals surface area contributed by atoms with Gasteiger partial charge in [-0.2, -0.15) is 0 Å². The standard InChI is InChI=1S/C19H30N4O2.HI/c1-24-17-7-5-16(6-8-17)18(22-11-13-25-14-12-22)15-21-19(20)23-9-3-2-4-10-23;/h5-8,18H,2-4,9-15H2,1H3,(H2,20,21);1H. The Hall–Kier alpha value is -1.06. The van der Waals surface area contributed by atoms with E-state index in [0.717, 1.165) is 45.1 Å². The number of benzene rings is 1. The summed E-state index contributed by atoms with van der Waals surface area (Å²) in [6.45, 7) is 6.14. The van der Waals surface area contributed by atoms with Crippen molar-refractivity contribution in [1.82, 2.24) is 9.80 Å². The highest BCUT2D eigenvalue weighted by Crippen LogP contribution is 2.24. The van der Waals surface area contributed by atoms with Gasteiger partial charge >= 0.3 is 0 Å². The van der Waals surface area contributed by atoms with Gasteiger partial charge < -0.3 is 20.1 Å². The van der Waals surface area contributed by atoms with Crippen LogP contribution in [0.3, 0.4) is 0 Å². The molecule has 0 bridgehead atoms. The van der Waals surface area contributed by atoms with Gasteiger partial charge in [-0.15, -0.1) is 24.0 Å². The first-order chi connectivity index (χ1) is 12.3. The molecule has 1 aromatic carbocycles. The van der Waals surface area contributed by atoms with Crippen LogP contribution in [0.1, 0.15) is 30.9 Å². The van der Waals surface area contributed by atoms with Crippen LogP contribution < -0.4 is 10.5 Å². The number of nitrogens with two attached hydrogens (primary N) is 1. The van der Waals surface area contributed by atoms with Crippen molar-refractivity contribution in [2.24, 2.45) is 10.7 Å². The van der Waals surface area contributed by atoms with Gasteiger partial charge in [-0.3, -0.25) is 9.89 Å². The number of hydrogen-bond donors (Lipinski definition) is 1. The van der Waals surface area contributed by atoms with Gasteiger partial charge in [0.1, 0.15) is 5.75 Å². The van der Waals surface area contributed by atoms with Crippen LogP contribution in [-0.4, -0.2) is 68.8 Å². The third-order valence-corrected chi connectivity index (χ3v) is 5.09. The lowest BCUT2D eigenvalue weighted by Gasteiger charge is -2.34. The molecule has 0 radical (unpaired) electrons. The summed E-state index contributed by atoms with van der Waals surface area (Å²) in [6, 6.07) is 8.51. The molecule has 2 fully saturated rings. The molecule has 146 valence electrons. The number of halogens is 1. The molecule has 1 unspecified atom stereocenters. The lowest BCUT2D eigenvalue weighted by molar-refractivity contribution is 0.0179. The fourth-order valence-corrected chi connectivity index (χ4v) is 3.55. The van der Waals surface area contributed by atoms with E-state index in [1.807, 2.05) is 12.1 Å². The molecule has 0 spiro atoms. The lowest BCUT2D eigenvalue weighted by Crippen LogP contribution is -2.43. The van der Waals surface area contributed by atoms with E-state index in [-0.39, 0.29) is 30.0 Å². The summed E-state index contributed by atoms with van der Waals surface area (Å²) in [7, 11) is 1.69. The van der Waals surface area contributed by atoms with Crippen LogP contribution in [0, 0.1) is 0 Å². The maximum Gasteiger partial charge on any atom is 0.191 e. The summed E-state index contributed by atoms with van der Waals surface area (Å²) < 4.78 is 10.8. The summed E-state index contributed by atoms with van der Waals surface area (Å²) >= 11 is 0. The largest absolute Gasteiger partial charge is 0.497 e. The molecule has 2 heterocycles. The van der Waals surface area contributed by atoms with E-state index in [9.17, 15) is 0 Å². The summed E-state index contributed by atoms with van der Waals surface area (Å²) in [5.74, 6) is 1.56. The van der Waals surface area contributed by atoms with Crippen molar-refractivity contribution in [3.8, 4) is 5.75 Å². The molecular formula is C19H31IN4O2. The van der Waals surface area contributed by atoms with Crippen molar-refractivity contribution >= 4 is 29.9 Å². The zero-order valence-electron chi connectivity index (χ0n) is 15.6. The predicted molar refractivity (Wildman–Crippen MR) is 115 cm³/mol. The van der Waals surface area contributed by atoms with E-state index >= 15 is 0 Å². The molecular weight excluding hydrogens is 443 g/mol. The van der Waals surface area contributed by atoms with E-state index in [1.54, 1.807) is 7.11 Å². The molecule has 2 aliphatic heterocycles. The van der Waals surface area contributed by atoms with Crippen molar-refractivity contribution in [1.29, 1.82) is 0 Å². The van der Waals surface area contributed by atoms with Crippen LogP contribution in [0.15, 0.2) is 29.3 Å². The molecule has 3 rings (SSSR count). The minimum Gasteiger partial charge on any atom is -0.497 e. The van der Waals surface area contributed by atoms with Gasteiger partial charge in [0.2, 0.25) is 0 Å². The van der Waals surface area contributed by atoms with Crippen LogP contribution in [0.4, 0.5) is 0 Å². The maximum absolute atomic E-state index is 6.26. The van der Waals surface area contributed by atoms with Gasteiger partial charge in [-0.25, -0.2) is 0 Å². The number of nitrogens with zero attached hydrogens (tertiary/aromatic N) is 3. The Labute approximate surface area is 173 Å². The third-order valence-electron chi connectivity index (χ3n) is 5.09. The zero-order chi connectivity index (χ0) is 17.5. The Bertz CT molecular complexity index is 555. The quantitative estimate of drug-likeness (QED) is 0.404. The monoisotopic (exact) mass is 474 g/mol. The first kappa shape index (κ1) is 21.2. The fourth-order valence-electron chi connectivity index (χ4n) is 3.55. The Morgan fingerprint density at radius 1 is 1.12 bits per heavy atom. The predicted octanol–water partition coefficient (Wildman–Crippen LogP) is 2.49. The molecule has 0 aliphatic carbocycles. The number of morpholine rings is 1. The van der Waals surface area contributed by atoms with E-state index in [2.05, 4.69) is 21.9 Å². The molecule has 7 heteroatoms. The lowest BCUT2D eigenvalue weighted by atomic mass is 10.0. The number of guanidine groups is 1. The highest BCUT2D eigenvalue weighted by atomic mass is 127. The first-order valence-electron chi connectivity index (χ1n) is 9.28. The SMILES string of the molecule is COc1ccc(C(CN=C(N)N2CCCCC2)N2CCOCC2)cc1.I. The summed E-state index contributed by atoms with van der Waals surface area (Å²) in [6.07, 6.45) is 3.72. The van der Waals surface area contributed by atoms with Gasteiger partial charge in [-0.1, -0.05) is 12.1 Å². The van der Waals surface area contributed by atoms with E-state index in [0.29, 0.717) is 12.5 Å². The molecule has 0 amide bonds. The molecule has 1 aromatic rings. The maximum atomic E-state index is 6.26. The number of rotatable bonds is 5. The van der Waals surface area contributed by atoms with E-state index in [4.69, 9.17) is 20.2 Å². The molecule has 6 nitrogen and oxygen atoms in total. The minimum atomic E-state index is 0. The highest BCUT2D eigenvalue weighted by molar-refractivity contribution is 14.0. The van der Waals surface area contributed by atoms with E-state index in [1.165, 1.54) is 24.8 Å². The van der Waals surface area contributed by atoms with Crippen LogP contribution in [0.25, 0.3) is 0 Å². The number of piperidine rings is 1. The Kier molecular flexibility index (Phi) is 8.94. The van der Waals surface area contributed by atoms with Crippen molar-refractivity contribution in [3.63, 3.8) is 0 Å². The van der Waals surface area contributed by atoms with Crippen LogP contribution >= 0.6 is 24.0 Å². The minimum absolute atomic E-state index is 0. The average Bonchev–Trinajstić information content (AvgIpc) is 2.70. The van der Waals surface area contributed by atoms with Crippen molar-refractivity contribution in [2.75, 3.05) is 53.0 Å². The van der Waals surface area contributed by atoms with Crippen molar-refractivity contribution in [3.05, 3.63) is 29.8 Å². The van der Waals surface area contributed by atoms with Crippen LogP contribution in [0.2, 0.25) is 0 Å².